The zero-order chi connectivity index (χ0) is 12.9. The number of hydrogen-bond acceptors (Lipinski definition) is 3. The quantitative estimate of drug-likeness (QED) is 0.670. The molecule has 0 aromatic heterocycles. The highest BCUT2D eigenvalue weighted by atomic mass is 79.9. The van der Waals surface area contributed by atoms with Crippen LogP contribution in [0.25, 0.3) is 0 Å². The van der Waals surface area contributed by atoms with Crippen molar-refractivity contribution in [3.05, 3.63) is 28.2 Å². The molecule has 0 saturated heterocycles. The fourth-order valence-corrected chi connectivity index (χ4v) is 1.66. The first kappa shape index (κ1) is 14.5. The van der Waals surface area contributed by atoms with E-state index in [0.29, 0.717) is 19.8 Å². The molecule has 1 aromatic carbocycles. The molecule has 1 rings (SSSR count). The summed E-state index contributed by atoms with van der Waals surface area (Å²) in [5, 5.41) is 0. The zero-order valence-corrected chi connectivity index (χ0v) is 12.2. The van der Waals surface area contributed by atoms with E-state index in [9.17, 15) is 0 Å². The van der Waals surface area contributed by atoms with Gasteiger partial charge in [-0.3, -0.25) is 0 Å². The molecule has 0 heterocycles. The summed E-state index contributed by atoms with van der Waals surface area (Å²) < 4.78 is 12.0. The van der Waals surface area contributed by atoms with Crippen LogP contribution in [0, 0.1) is 0 Å². The van der Waals surface area contributed by atoms with E-state index >= 15 is 0 Å². The van der Waals surface area contributed by atoms with Gasteiger partial charge in [0.1, 0.15) is 0 Å². The van der Waals surface area contributed by atoms with Crippen molar-refractivity contribution in [2.24, 2.45) is 0 Å². The van der Waals surface area contributed by atoms with Crippen molar-refractivity contribution in [3.63, 3.8) is 0 Å². The Morgan fingerprint density at radius 3 is 2.53 bits per heavy atom. The van der Waals surface area contributed by atoms with Crippen LogP contribution in [-0.4, -0.2) is 18.8 Å². The average molecular weight is 302 g/mol. The molecule has 0 saturated carbocycles. The molecule has 0 aliphatic rings. The van der Waals surface area contributed by atoms with Gasteiger partial charge in [-0.25, -0.2) is 0 Å². The molecule has 0 fully saturated rings. The average Bonchev–Trinajstić information content (AvgIpc) is 2.18. The minimum absolute atomic E-state index is 0.111. The number of halogens is 1. The maximum Gasteiger partial charge on any atom is 0.0738 e. The molecule has 3 nitrogen and oxygen atoms in total. The van der Waals surface area contributed by atoms with E-state index < -0.39 is 0 Å². The molecular formula is C13H20BrNO2. The molecular weight excluding hydrogens is 282 g/mol. The summed E-state index contributed by atoms with van der Waals surface area (Å²) in [6.07, 6.45) is 0. The fraction of sp³-hybridized carbons (Fsp3) is 0.538. The highest BCUT2D eigenvalue weighted by molar-refractivity contribution is 9.10. The summed E-state index contributed by atoms with van der Waals surface area (Å²) in [5.74, 6) is 0. The molecule has 0 amide bonds. The molecule has 0 aliphatic carbocycles. The van der Waals surface area contributed by atoms with E-state index in [-0.39, 0.29) is 5.60 Å². The Kier molecular flexibility index (Phi) is 5.43. The summed E-state index contributed by atoms with van der Waals surface area (Å²) in [6, 6.07) is 5.80. The Balaban J connectivity index is 2.27. The van der Waals surface area contributed by atoms with Crippen LogP contribution in [0.15, 0.2) is 22.7 Å². The molecule has 4 heteroatoms. The van der Waals surface area contributed by atoms with E-state index in [0.717, 1.165) is 15.7 Å². The van der Waals surface area contributed by atoms with Gasteiger partial charge in [0.2, 0.25) is 0 Å². The van der Waals surface area contributed by atoms with Crippen LogP contribution >= 0.6 is 15.9 Å². The van der Waals surface area contributed by atoms with Gasteiger partial charge in [-0.15, -0.1) is 0 Å². The van der Waals surface area contributed by atoms with Gasteiger partial charge >= 0.3 is 0 Å². The predicted octanol–water partition coefficient (Wildman–Crippen LogP) is 3.36. The third-order valence-electron chi connectivity index (χ3n) is 2.13. The number of ether oxygens (including phenoxy) is 2. The summed E-state index contributed by atoms with van der Waals surface area (Å²) in [4.78, 5) is 0. The largest absolute Gasteiger partial charge is 0.398 e. The topological polar surface area (TPSA) is 44.5 Å². The van der Waals surface area contributed by atoms with E-state index in [1.807, 2.05) is 39.0 Å². The summed E-state index contributed by atoms with van der Waals surface area (Å²) in [5.41, 5.74) is 7.50. The van der Waals surface area contributed by atoms with Gasteiger partial charge in [0, 0.05) is 15.7 Å². The Morgan fingerprint density at radius 1 is 1.24 bits per heavy atom. The van der Waals surface area contributed by atoms with E-state index in [2.05, 4.69) is 15.9 Å². The first-order chi connectivity index (χ1) is 7.88. The van der Waals surface area contributed by atoms with Crippen molar-refractivity contribution < 1.29 is 9.47 Å². The maximum absolute atomic E-state index is 5.86. The normalized spacial score (nSPS) is 11.8. The molecule has 0 atom stereocenters. The van der Waals surface area contributed by atoms with E-state index in [1.165, 1.54) is 0 Å². The highest BCUT2D eigenvalue weighted by Crippen LogP contribution is 2.19. The Bertz CT molecular complexity index is 361. The van der Waals surface area contributed by atoms with Crippen LogP contribution in [0.1, 0.15) is 26.3 Å². The lowest BCUT2D eigenvalue weighted by atomic mass is 10.2. The maximum atomic E-state index is 5.86. The minimum atomic E-state index is -0.111. The Hall–Kier alpha value is -0.580. The van der Waals surface area contributed by atoms with Crippen molar-refractivity contribution in [1.29, 1.82) is 0 Å². The van der Waals surface area contributed by atoms with Crippen molar-refractivity contribution in [2.45, 2.75) is 33.0 Å². The number of hydrogen-bond donors (Lipinski definition) is 1. The summed E-state index contributed by atoms with van der Waals surface area (Å²) in [6.45, 7) is 7.78. The molecule has 96 valence electrons. The van der Waals surface area contributed by atoms with Gasteiger partial charge in [-0.2, -0.15) is 0 Å². The highest BCUT2D eigenvalue weighted by Gasteiger charge is 2.09. The molecule has 0 spiro atoms. The third-order valence-corrected chi connectivity index (χ3v) is 2.62. The lowest BCUT2D eigenvalue weighted by Gasteiger charge is -2.19. The molecule has 1 aromatic rings. The van der Waals surface area contributed by atoms with Gasteiger partial charge in [0.05, 0.1) is 25.4 Å². The van der Waals surface area contributed by atoms with Gasteiger partial charge in [0.25, 0.3) is 0 Å². The van der Waals surface area contributed by atoms with Crippen LogP contribution in [0.4, 0.5) is 5.69 Å². The molecule has 0 radical (unpaired) electrons. The Labute approximate surface area is 111 Å². The first-order valence-electron chi connectivity index (χ1n) is 5.64. The SMILES string of the molecule is CC(C)(C)OCCOCc1ccc(Br)cc1N. The lowest BCUT2D eigenvalue weighted by Crippen LogP contribution is -2.21. The molecule has 0 unspecified atom stereocenters. The van der Waals surface area contributed by atoms with E-state index in [1.54, 1.807) is 0 Å². The summed E-state index contributed by atoms with van der Waals surface area (Å²) in [7, 11) is 0. The third kappa shape index (κ3) is 6.05. The van der Waals surface area contributed by atoms with Crippen molar-refractivity contribution in [1.82, 2.24) is 0 Å². The fourth-order valence-electron chi connectivity index (χ4n) is 1.29. The van der Waals surface area contributed by atoms with Crippen molar-refractivity contribution in [2.75, 3.05) is 18.9 Å². The van der Waals surface area contributed by atoms with Crippen LogP contribution < -0.4 is 5.73 Å². The minimum Gasteiger partial charge on any atom is -0.398 e. The molecule has 0 bridgehead atoms. The second-order valence-electron chi connectivity index (χ2n) is 4.86. The number of nitrogens with two attached hydrogens (primary N) is 1. The Morgan fingerprint density at radius 2 is 1.94 bits per heavy atom. The second-order valence-corrected chi connectivity index (χ2v) is 5.77. The molecule has 2 N–H and O–H groups in total. The smallest absolute Gasteiger partial charge is 0.0738 e. The van der Waals surface area contributed by atoms with Crippen LogP contribution in [0.2, 0.25) is 0 Å². The predicted molar refractivity (Wildman–Crippen MR) is 73.9 cm³/mol. The molecule has 17 heavy (non-hydrogen) atoms. The summed E-state index contributed by atoms with van der Waals surface area (Å²) >= 11 is 3.37. The monoisotopic (exact) mass is 301 g/mol. The van der Waals surface area contributed by atoms with Gasteiger partial charge in [-0.05, 0) is 32.9 Å². The first-order valence-corrected chi connectivity index (χ1v) is 6.43. The second kappa shape index (κ2) is 6.38. The van der Waals surface area contributed by atoms with Crippen LogP contribution in [-0.2, 0) is 16.1 Å². The number of nitrogen functional groups attached to an aromatic ring is 1. The van der Waals surface area contributed by atoms with Gasteiger partial charge < -0.3 is 15.2 Å². The standard InChI is InChI=1S/C13H20BrNO2/c1-13(2,3)17-7-6-16-9-10-4-5-11(14)8-12(10)15/h4-5,8H,6-7,9,15H2,1-3H3. The zero-order valence-electron chi connectivity index (χ0n) is 10.6. The lowest BCUT2D eigenvalue weighted by molar-refractivity contribution is -0.0376. The van der Waals surface area contributed by atoms with Crippen LogP contribution in [0.5, 0.6) is 0 Å². The van der Waals surface area contributed by atoms with Gasteiger partial charge in [0.15, 0.2) is 0 Å². The number of anilines is 1. The van der Waals surface area contributed by atoms with Crippen molar-refractivity contribution >= 4 is 21.6 Å². The number of benzene rings is 1. The van der Waals surface area contributed by atoms with Crippen molar-refractivity contribution in [3.8, 4) is 0 Å². The molecule has 0 aliphatic heterocycles. The van der Waals surface area contributed by atoms with Gasteiger partial charge in [-0.1, -0.05) is 22.0 Å². The number of rotatable bonds is 5. The van der Waals surface area contributed by atoms with Crippen LogP contribution in [0.3, 0.4) is 0 Å². The van der Waals surface area contributed by atoms with E-state index in [4.69, 9.17) is 15.2 Å².